The van der Waals surface area contributed by atoms with Crippen molar-refractivity contribution in [2.24, 2.45) is 5.92 Å². The standard InChI is InChI=1S/C18H20F3NO3S/c1-12(2)17(13-7-9-15(25-3)10-8-13)22-26(23,24)16-6-4-5-14(11-16)18(19,20)21/h4-12,17,22H,1-3H3. The zero-order valence-corrected chi connectivity index (χ0v) is 15.4. The van der Waals surface area contributed by atoms with Crippen LogP contribution in [0.4, 0.5) is 13.2 Å². The van der Waals surface area contributed by atoms with Gasteiger partial charge in [-0.05, 0) is 41.8 Å². The third-order valence-corrected chi connectivity index (χ3v) is 5.33. The van der Waals surface area contributed by atoms with E-state index in [2.05, 4.69) is 4.72 Å². The van der Waals surface area contributed by atoms with Gasteiger partial charge in [-0.1, -0.05) is 32.0 Å². The zero-order chi connectivity index (χ0) is 19.5. The molecule has 0 saturated heterocycles. The first kappa shape index (κ1) is 20.3. The smallest absolute Gasteiger partial charge is 0.416 e. The van der Waals surface area contributed by atoms with Crippen molar-refractivity contribution in [1.82, 2.24) is 4.72 Å². The fraction of sp³-hybridized carbons (Fsp3) is 0.333. The van der Waals surface area contributed by atoms with E-state index in [-0.39, 0.29) is 5.92 Å². The van der Waals surface area contributed by atoms with Gasteiger partial charge in [-0.2, -0.15) is 13.2 Å². The maximum Gasteiger partial charge on any atom is 0.416 e. The van der Waals surface area contributed by atoms with Crippen molar-refractivity contribution in [2.45, 2.75) is 31.0 Å². The molecule has 0 fully saturated rings. The van der Waals surface area contributed by atoms with Crippen LogP contribution in [0.3, 0.4) is 0 Å². The van der Waals surface area contributed by atoms with Gasteiger partial charge in [0.2, 0.25) is 10.0 Å². The number of methoxy groups -OCH3 is 1. The number of sulfonamides is 1. The van der Waals surface area contributed by atoms with Gasteiger partial charge in [0.25, 0.3) is 0 Å². The first-order chi connectivity index (χ1) is 12.0. The monoisotopic (exact) mass is 387 g/mol. The highest BCUT2D eigenvalue weighted by Gasteiger charge is 2.32. The summed E-state index contributed by atoms with van der Waals surface area (Å²) in [7, 11) is -2.61. The molecule has 1 atom stereocenters. The zero-order valence-electron chi connectivity index (χ0n) is 14.5. The van der Waals surface area contributed by atoms with E-state index in [4.69, 9.17) is 4.74 Å². The second-order valence-electron chi connectivity index (χ2n) is 6.14. The number of benzene rings is 2. The van der Waals surface area contributed by atoms with E-state index in [1.54, 1.807) is 24.3 Å². The maximum atomic E-state index is 12.9. The molecule has 0 saturated carbocycles. The Morgan fingerprint density at radius 2 is 1.65 bits per heavy atom. The molecule has 0 aliphatic rings. The van der Waals surface area contributed by atoms with Crippen LogP contribution in [0.15, 0.2) is 53.4 Å². The lowest BCUT2D eigenvalue weighted by Crippen LogP contribution is -2.32. The molecule has 142 valence electrons. The third-order valence-electron chi connectivity index (χ3n) is 3.90. The Balaban J connectivity index is 2.35. The van der Waals surface area contributed by atoms with Gasteiger partial charge in [0.05, 0.1) is 17.6 Å². The van der Waals surface area contributed by atoms with Crippen LogP contribution in [0, 0.1) is 5.92 Å². The predicted molar refractivity (Wildman–Crippen MR) is 92.3 cm³/mol. The summed E-state index contributed by atoms with van der Waals surface area (Å²) in [4.78, 5) is -0.425. The van der Waals surface area contributed by atoms with E-state index in [0.717, 1.165) is 18.2 Å². The molecule has 2 aromatic carbocycles. The van der Waals surface area contributed by atoms with E-state index in [0.29, 0.717) is 17.4 Å². The highest BCUT2D eigenvalue weighted by atomic mass is 32.2. The Hall–Kier alpha value is -2.06. The molecule has 26 heavy (non-hydrogen) atoms. The Kier molecular flexibility index (Phi) is 5.98. The SMILES string of the molecule is COc1ccc(C(NS(=O)(=O)c2cccc(C(F)(F)F)c2)C(C)C)cc1. The summed E-state index contributed by atoms with van der Waals surface area (Å²) in [5.41, 5.74) is -0.317. The molecule has 0 spiro atoms. The summed E-state index contributed by atoms with van der Waals surface area (Å²) < 4.78 is 71.4. The van der Waals surface area contributed by atoms with Crippen LogP contribution in [0.1, 0.15) is 31.0 Å². The maximum absolute atomic E-state index is 12.9. The van der Waals surface area contributed by atoms with Crippen LogP contribution in [0.25, 0.3) is 0 Å². The second-order valence-corrected chi connectivity index (χ2v) is 7.86. The molecule has 0 heterocycles. The van der Waals surface area contributed by atoms with Crippen molar-refractivity contribution in [2.75, 3.05) is 7.11 Å². The minimum absolute atomic E-state index is 0.121. The fourth-order valence-electron chi connectivity index (χ4n) is 2.48. The largest absolute Gasteiger partial charge is 0.497 e. The van der Waals surface area contributed by atoms with Crippen molar-refractivity contribution < 1.29 is 26.3 Å². The molecule has 2 rings (SSSR count). The van der Waals surface area contributed by atoms with Crippen molar-refractivity contribution in [3.05, 3.63) is 59.7 Å². The van der Waals surface area contributed by atoms with Gasteiger partial charge in [-0.15, -0.1) is 0 Å². The molecule has 0 amide bonds. The Bertz CT molecular complexity index is 847. The van der Waals surface area contributed by atoms with Crippen LogP contribution < -0.4 is 9.46 Å². The fourth-order valence-corrected chi connectivity index (χ4v) is 3.89. The normalized spacial score (nSPS) is 13.7. The second kappa shape index (κ2) is 7.67. The quantitative estimate of drug-likeness (QED) is 0.800. The van der Waals surface area contributed by atoms with Gasteiger partial charge in [-0.3, -0.25) is 0 Å². The van der Waals surface area contributed by atoms with Crippen molar-refractivity contribution in [3.63, 3.8) is 0 Å². The molecule has 0 radical (unpaired) electrons. The van der Waals surface area contributed by atoms with E-state index in [1.165, 1.54) is 7.11 Å². The average Bonchev–Trinajstić information content (AvgIpc) is 2.59. The molecule has 0 aromatic heterocycles. The summed E-state index contributed by atoms with van der Waals surface area (Å²) >= 11 is 0. The minimum Gasteiger partial charge on any atom is -0.497 e. The lowest BCUT2D eigenvalue weighted by molar-refractivity contribution is -0.137. The van der Waals surface area contributed by atoms with Gasteiger partial charge >= 0.3 is 6.18 Å². The Morgan fingerprint density at radius 1 is 1.04 bits per heavy atom. The number of alkyl halides is 3. The molecular weight excluding hydrogens is 367 g/mol. The molecule has 0 bridgehead atoms. The number of hydrogen-bond donors (Lipinski definition) is 1. The molecule has 4 nitrogen and oxygen atoms in total. The van der Waals surface area contributed by atoms with E-state index in [9.17, 15) is 21.6 Å². The number of ether oxygens (including phenoxy) is 1. The minimum atomic E-state index is -4.61. The lowest BCUT2D eigenvalue weighted by Gasteiger charge is -2.23. The van der Waals surface area contributed by atoms with Gasteiger partial charge in [-0.25, -0.2) is 13.1 Å². The van der Waals surface area contributed by atoms with Crippen molar-refractivity contribution in [1.29, 1.82) is 0 Å². The molecule has 2 aromatic rings. The van der Waals surface area contributed by atoms with Crippen LogP contribution in [0.5, 0.6) is 5.75 Å². The molecule has 1 N–H and O–H groups in total. The summed E-state index contributed by atoms with van der Waals surface area (Å²) in [6.07, 6.45) is -4.61. The number of nitrogens with one attached hydrogen (secondary N) is 1. The first-order valence-corrected chi connectivity index (χ1v) is 9.36. The highest BCUT2D eigenvalue weighted by Crippen LogP contribution is 2.31. The topological polar surface area (TPSA) is 55.4 Å². The Labute approximate surface area is 151 Å². The van der Waals surface area contributed by atoms with E-state index in [1.807, 2.05) is 13.8 Å². The summed E-state index contributed by atoms with van der Waals surface area (Å²) in [5.74, 6) is 0.501. The number of rotatable bonds is 6. The predicted octanol–water partition coefficient (Wildman–Crippen LogP) is 4.39. The Morgan fingerprint density at radius 3 is 2.15 bits per heavy atom. The van der Waals surface area contributed by atoms with Crippen LogP contribution in [-0.2, 0) is 16.2 Å². The van der Waals surface area contributed by atoms with E-state index >= 15 is 0 Å². The van der Waals surface area contributed by atoms with Crippen LogP contribution in [-0.4, -0.2) is 15.5 Å². The van der Waals surface area contributed by atoms with Crippen molar-refractivity contribution >= 4 is 10.0 Å². The summed E-state index contributed by atoms with van der Waals surface area (Å²) in [5, 5.41) is 0. The lowest BCUT2D eigenvalue weighted by atomic mass is 9.97. The van der Waals surface area contributed by atoms with Crippen molar-refractivity contribution in [3.8, 4) is 5.75 Å². The van der Waals surface area contributed by atoms with Gasteiger partial charge in [0, 0.05) is 6.04 Å². The molecule has 1 unspecified atom stereocenters. The number of hydrogen-bond acceptors (Lipinski definition) is 3. The van der Waals surface area contributed by atoms with Crippen LogP contribution in [0.2, 0.25) is 0 Å². The molecule has 8 heteroatoms. The van der Waals surface area contributed by atoms with Gasteiger partial charge in [0.15, 0.2) is 0 Å². The average molecular weight is 387 g/mol. The first-order valence-electron chi connectivity index (χ1n) is 7.88. The van der Waals surface area contributed by atoms with Crippen LogP contribution >= 0.6 is 0 Å². The molecule has 0 aliphatic carbocycles. The molecular formula is C18H20F3NO3S. The summed E-state index contributed by atoms with van der Waals surface area (Å²) in [6.45, 7) is 3.65. The van der Waals surface area contributed by atoms with Gasteiger partial charge < -0.3 is 4.74 Å². The third kappa shape index (κ3) is 4.76. The van der Waals surface area contributed by atoms with E-state index < -0.39 is 32.7 Å². The molecule has 0 aliphatic heterocycles. The number of halogens is 3. The summed E-state index contributed by atoms with van der Waals surface area (Å²) in [6, 6.07) is 9.93. The highest BCUT2D eigenvalue weighted by molar-refractivity contribution is 7.89. The van der Waals surface area contributed by atoms with Gasteiger partial charge in [0.1, 0.15) is 5.75 Å².